The highest BCUT2D eigenvalue weighted by Crippen LogP contribution is 2.28. The van der Waals surface area contributed by atoms with Gasteiger partial charge >= 0.3 is 5.97 Å². The summed E-state index contributed by atoms with van der Waals surface area (Å²) in [5.41, 5.74) is 0.707. The molecule has 3 rings (SSSR count). The number of ether oxygens (including phenoxy) is 1. The number of aldehydes is 1. The predicted octanol–water partition coefficient (Wildman–Crippen LogP) is 3.59. The van der Waals surface area contributed by atoms with Crippen LogP contribution in [0.2, 0.25) is 0 Å². The summed E-state index contributed by atoms with van der Waals surface area (Å²) in [6.45, 7) is 3.49. The fourth-order valence-electron chi connectivity index (χ4n) is 3.68. The topological polar surface area (TPSA) is 150 Å². The number of hydrogen-bond acceptors (Lipinski definition) is 8. The van der Waals surface area contributed by atoms with Crippen LogP contribution in [0.15, 0.2) is 72.8 Å². The van der Waals surface area contributed by atoms with Crippen molar-refractivity contribution in [3.8, 4) is 11.5 Å². The minimum absolute atomic E-state index is 0.0958. The summed E-state index contributed by atoms with van der Waals surface area (Å²) < 4.78 is 5.13. The van der Waals surface area contributed by atoms with Crippen molar-refractivity contribution in [1.82, 2.24) is 0 Å². The van der Waals surface area contributed by atoms with Crippen LogP contribution >= 0.6 is 0 Å². The lowest BCUT2D eigenvalue weighted by Gasteiger charge is -2.31. The molecule has 4 atom stereocenters. The third-order valence-corrected chi connectivity index (χ3v) is 5.68. The fourth-order valence-corrected chi connectivity index (χ4v) is 3.68. The number of carbonyl (C=O) groups is 4. The molecule has 4 unspecified atom stereocenters. The summed E-state index contributed by atoms with van der Waals surface area (Å²) in [6, 6.07) is 12.5. The van der Waals surface area contributed by atoms with E-state index in [2.05, 4.69) is 12.2 Å². The van der Waals surface area contributed by atoms with E-state index in [0.29, 0.717) is 17.7 Å². The largest absolute Gasteiger partial charge is 0.507 e. The Hall–Kier alpha value is -4.08. The minimum atomic E-state index is -1.43. The van der Waals surface area contributed by atoms with Gasteiger partial charge in [-0.1, -0.05) is 49.8 Å². The molecule has 202 valence electrons. The average Bonchev–Trinajstić information content (AvgIpc) is 2.89. The highest BCUT2D eigenvalue weighted by molar-refractivity contribution is 5.97. The number of nitrogens with one attached hydrogen (secondary N) is 1. The Bertz CT molecular complexity index is 1160. The summed E-state index contributed by atoms with van der Waals surface area (Å²) in [6.07, 6.45) is 7.72. The van der Waals surface area contributed by atoms with Crippen LogP contribution in [0.5, 0.6) is 11.5 Å². The number of aliphatic hydroxyl groups is 2. The van der Waals surface area contributed by atoms with Gasteiger partial charge in [0.25, 0.3) is 0 Å². The Morgan fingerprint density at radius 2 is 1.76 bits per heavy atom. The van der Waals surface area contributed by atoms with Crippen molar-refractivity contribution >= 4 is 29.6 Å². The normalized spacial score (nSPS) is 21.0. The first-order valence-electron chi connectivity index (χ1n) is 12.2. The zero-order valence-corrected chi connectivity index (χ0v) is 21.3. The highest BCUT2D eigenvalue weighted by atomic mass is 16.5. The molecule has 1 saturated carbocycles. The van der Waals surface area contributed by atoms with E-state index >= 15 is 0 Å². The smallest absolute Gasteiger partial charge is 0.347 e. The third-order valence-electron chi connectivity index (χ3n) is 5.68. The maximum atomic E-state index is 11.8. The van der Waals surface area contributed by atoms with Gasteiger partial charge in [0.15, 0.2) is 5.78 Å². The summed E-state index contributed by atoms with van der Waals surface area (Å²) in [5.74, 6) is -2.39. The molecule has 1 aliphatic carbocycles. The molecule has 2 aromatic carbocycles. The number of phenolic OH excluding ortho intramolecular Hbond substituents is 1. The van der Waals surface area contributed by atoms with Gasteiger partial charge in [-0.15, -0.1) is 0 Å². The molecule has 0 saturated heterocycles. The molecule has 9 nitrogen and oxygen atoms in total. The van der Waals surface area contributed by atoms with E-state index in [4.69, 9.17) is 4.74 Å². The molecule has 0 aromatic heterocycles. The van der Waals surface area contributed by atoms with Gasteiger partial charge in [0.05, 0.1) is 12.0 Å². The highest BCUT2D eigenvalue weighted by Gasteiger charge is 2.41. The number of rotatable bonds is 8. The number of anilines is 1. The van der Waals surface area contributed by atoms with E-state index in [1.165, 1.54) is 19.1 Å². The van der Waals surface area contributed by atoms with Crippen molar-refractivity contribution in [2.75, 3.05) is 5.32 Å². The molecular formula is C29H33NO8. The van der Waals surface area contributed by atoms with Crippen molar-refractivity contribution in [2.45, 2.75) is 45.3 Å². The van der Waals surface area contributed by atoms with Crippen molar-refractivity contribution in [3.63, 3.8) is 0 Å². The summed E-state index contributed by atoms with van der Waals surface area (Å²) in [5, 5.41) is 31.1. The first-order valence-corrected chi connectivity index (χ1v) is 12.2. The Kier molecular flexibility index (Phi) is 12.1. The van der Waals surface area contributed by atoms with E-state index < -0.39 is 29.9 Å². The van der Waals surface area contributed by atoms with Gasteiger partial charge in [0.1, 0.15) is 29.5 Å². The maximum Gasteiger partial charge on any atom is 0.347 e. The number of allylic oxidation sites excluding steroid dienone is 4. The van der Waals surface area contributed by atoms with Crippen LogP contribution in [0.1, 0.15) is 43.5 Å². The number of aliphatic hydroxyl groups excluding tert-OH is 2. The number of ketones is 1. The van der Waals surface area contributed by atoms with Crippen LogP contribution in [-0.4, -0.2) is 51.5 Å². The van der Waals surface area contributed by atoms with Crippen molar-refractivity contribution in [2.24, 2.45) is 11.8 Å². The average molecular weight is 524 g/mol. The monoisotopic (exact) mass is 523 g/mol. The predicted molar refractivity (Wildman–Crippen MR) is 142 cm³/mol. The van der Waals surface area contributed by atoms with Crippen molar-refractivity contribution < 1.29 is 39.2 Å². The van der Waals surface area contributed by atoms with Crippen molar-refractivity contribution in [1.29, 1.82) is 0 Å². The Morgan fingerprint density at radius 1 is 1.08 bits per heavy atom. The first kappa shape index (κ1) is 30.1. The Labute approximate surface area is 221 Å². The number of hydrogen-bond donors (Lipinski definition) is 4. The maximum absolute atomic E-state index is 11.8. The van der Waals surface area contributed by atoms with Crippen LogP contribution in [0.25, 0.3) is 0 Å². The Morgan fingerprint density at radius 3 is 2.37 bits per heavy atom. The van der Waals surface area contributed by atoms with Gasteiger partial charge in [-0.3, -0.25) is 9.59 Å². The summed E-state index contributed by atoms with van der Waals surface area (Å²) >= 11 is 0. The molecule has 0 aliphatic heterocycles. The number of benzene rings is 2. The fraction of sp³-hybridized carbons (Fsp3) is 0.310. The molecule has 4 N–H and O–H groups in total. The molecule has 0 heterocycles. The van der Waals surface area contributed by atoms with E-state index in [0.717, 1.165) is 12.8 Å². The molecule has 9 heteroatoms. The molecule has 2 aromatic rings. The molecule has 1 fully saturated rings. The molecule has 38 heavy (non-hydrogen) atoms. The molecular weight excluding hydrogens is 490 g/mol. The van der Waals surface area contributed by atoms with Crippen molar-refractivity contribution in [3.05, 3.63) is 78.4 Å². The number of unbranched alkanes of at least 4 members (excludes halogenated alkanes) is 1. The quantitative estimate of drug-likeness (QED) is 0.135. The van der Waals surface area contributed by atoms with E-state index in [-0.39, 0.29) is 29.6 Å². The summed E-state index contributed by atoms with van der Waals surface area (Å²) in [7, 11) is 0. The minimum Gasteiger partial charge on any atom is -0.507 e. The van der Waals surface area contributed by atoms with Gasteiger partial charge < -0.3 is 30.2 Å². The van der Waals surface area contributed by atoms with E-state index in [9.17, 15) is 34.5 Å². The second-order valence-electron chi connectivity index (χ2n) is 8.69. The second kappa shape index (κ2) is 15.2. The van der Waals surface area contributed by atoms with Crippen LogP contribution in [0.4, 0.5) is 5.69 Å². The zero-order valence-electron chi connectivity index (χ0n) is 21.3. The van der Waals surface area contributed by atoms with E-state index in [1.807, 2.05) is 12.2 Å². The lowest BCUT2D eigenvalue weighted by atomic mass is 9.76. The number of para-hydroxylation sites is 1. The molecule has 0 spiro atoms. The van der Waals surface area contributed by atoms with Gasteiger partial charge in [-0.2, -0.15) is 0 Å². The standard InChI is InChI=1S/C15H13NO4.C14H20O4/c1-10(17)16-11-6-8-12(9-7-11)20-15(19)13-4-2-3-5-14(13)18;1-2-3-4-5-6-7-10-8-12(16)14(18)13(17)11(10)9-15/h2-9,18H,1H3,(H,16,17);4-7,9-12,14,16,18H,2-3,8H2,1H3. The number of amides is 1. The van der Waals surface area contributed by atoms with Gasteiger partial charge in [-0.05, 0) is 55.2 Å². The van der Waals surface area contributed by atoms with Gasteiger partial charge in [0, 0.05) is 12.6 Å². The number of phenols is 1. The number of carbonyl (C=O) groups excluding carboxylic acids is 4. The number of esters is 1. The van der Waals surface area contributed by atoms with Gasteiger partial charge in [0.2, 0.25) is 5.91 Å². The summed E-state index contributed by atoms with van der Waals surface area (Å²) in [4.78, 5) is 45.2. The SMILES string of the molecule is CC(=O)Nc1ccc(OC(=O)c2ccccc2O)cc1.CCCC=CC=CC1CC(O)C(O)C(=O)C1C=O. The lowest BCUT2D eigenvalue weighted by Crippen LogP contribution is -2.47. The van der Waals surface area contributed by atoms with Crippen LogP contribution in [0.3, 0.4) is 0 Å². The van der Waals surface area contributed by atoms with Crippen LogP contribution < -0.4 is 10.1 Å². The number of aromatic hydroxyl groups is 1. The zero-order chi connectivity index (χ0) is 28.1. The molecule has 0 bridgehead atoms. The Balaban J connectivity index is 0.000000269. The third kappa shape index (κ3) is 9.10. The van der Waals surface area contributed by atoms with Crippen LogP contribution in [0, 0.1) is 11.8 Å². The first-order chi connectivity index (χ1) is 18.2. The molecule has 0 radical (unpaired) electrons. The van der Waals surface area contributed by atoms with Crippen LogP contribution in [-0.2, 0) is 14.4 Å². The second-order valence-corrected chi connectivity index (χ2v) is 8.69. The lowest BCUT2D eigenvalue weighted by molar-refractivity contribution is -0.146. The molecule has 1 amide bonds. The molecule has 1 aliphatic rings. The van der Waals surface area contributed by atoms with E-state index in [1.54, 1.807) is 48.6 Å². The number of Topliss-reactive ketones (excluding diaryl/α,β-unsaturated/α-hetero) is 1. The van der Waals surface area contributed by atoms with Gasteiger partial charge in [-0.25, -0.2) is 4.79 Å².